The van der Waals surface area contributed by atoms with E-state index in [-0.39, 0.29) is 6.04 Å². The molecule has 1 atom stereocenters. The lowest BCUT2D eigenvalue weighted by molar-refractivity contribution is 0.521. The minimum Gasteiger partial charge on any atom is -0.327 e. The molecular formula is C18H20ClN3. The van der Waals surface area contributed by atoms with Gasteiger partial charge in [-0.25, -0.2) is 4.98 Å². The molecule has 1 N–H and O–H groups in total. The number of aryl methyl sites for hydroxylation is 1. The zero-order valence-electron chi connectivity index (χ0n) is 12.9. The van der Waals surface area contributed by atoms with Crippen molar-refractivity contribution >= 4 is 22.6 Å². The second kappa shape index (κ2) is 6.51. The van der Waals surface area contributed by atoms with Gasteiger partial charge in [-0.15, -0.1) is 0 Å². The molecule has 3 aromatic rings. The lowest BCUT2D eigenvalue weighted by Gasteiger charge is -2.16. The predicted octanol–water partition coefficient (Wildman–Crippen LogP) is 4.56. The highest BCUT2D eigenvalue weighted by molar-refractivity contribution is 6.31. The molecule has 0 radical (unpaired) electrons. The molecule has 0 amide bonds. The molecule has 22 heavy (non-hydrogen) atoms. The number of hydrogen-bond donors (Lipinski definition) is 1. The van der Waals surface area contributed by atoms with Crippen LogP contribution in [0.15, 0.2) is 48.5 Å². The van der Waals surface area contributed by atoms with Gasteiger partial charge in [-0.05, 0) is 37.6 Å². The van der Waals surface area contributed by atoms with Gasteiger partial charge in [0, 0.05) is 18.1 Å². The molecule has 1 unspecified atom stereocenters. The van der Waals surface area contributed by atoms with Gasteiger partial charge in [0.15, 0.2) is 0 Å². The average molecular weight is 314 g/mol. The van der Waals surface area contributed by atoms with E-state index < -0.39 is 0 Å². The van der Waals surface area contributed by atoms with Gasteiger partial charge < -0.3 is 9.88 Å². The summed E-state index contributed by atoms with van der Waals surface area (Å²) in [4.78, 5) is 4.79. The van der Waals surface area contributed by atoms with Crippen LogP contribution >= 0.6 is 11.6 Å². The maximum absolute atomic E-state index is 6.22. The number of rotatable bonds is 5. The lowest BCUT2D eigenvalue weighted by Crippen LogP contribution is -2.21. The molecule has 0 aliphatic rings. The maximum Gasteiger partial charge on any atom is 0.126 e. The smallest absolute Gasteiger partial charge is 0.126 e. The Bertz CT molecular complexity index is 779. The van der Waals surface area contributed by atoms with Gasteiger partial charge in [0.2, 0.25) is 0 Å². The van der Waals surface area contributed by atoms with Crippen molar-refractivity contribution in [3.63, 3.8) is 0 Å². The molecule has 1 heterocycles. The monoisotopic (exact) mass is 313 g/mol. The topological polar surface area (TPSA) is 29.9 Å². The van der Waals surface area contributed by atoms with E-state index in [0.29, 0.717) is 0 Å². The Morgan fingerprint density at radius 1 is 1.14 bits per heavy atom. The molecule has 0 saturated carbocycles. The minimum atomic E-state index is 0.156. The van der Waals surface area contributed by atoms with Gasteiger partial charge in [0.1, 0.15) is 5.82 Å². The number of nitrogens with one attached hydrogen (secondary N) is 1. The largest absolute Gasteiger partial charge is 0.327 e. The quantitative estimate of drug-likeness (QED) is 0.748. The van der Waals surface area contributed by atoms with Gasteiger partial charge >= 0.3 is 0 Å². The molecule has 0 aliphatic heterocycles. The van der Waals surface area contributed by atoms with E-state index in [1.54, 1.807) is 0 Å². The summed E-state index contributed by atoms with van der Waals surface area (Å²) in [7, 11) is 0. The first kappa shape index (κ1) is 15.1. The Kier molecular flexibility index (Phi) is 4.46. The Labute approximate surface area is 135 Å². The molecule has 0 spiro atoms. The van der Waals surface area contributed by atoms with Gasteiger partial charge in [0.25, 0.3) is 0 Å². The van der Waals surface area contributed by atoms with Gasteiger partial charge in [-0.1, -0.05) is 41.9 Å². The summed E-state index contributed by atoms with van der Waals surface area (Å²) >= 11 is 6.22. The Balaban J connectivity index is 1.83. The van der Waals surface area contributed by atoms with Crippen LogP contribution in [0.2, 0.25) is 5.02 Å². The van der Waals surface area contributed by atoms with Crippen molar-refractivity contribution < 1.29 is 0 Å². The third-order valence-electron chi connectivity index (χ3n) is 3.94. The van der Waals surface area contributed by atoms with Crippen LogP contribution in [0.25, 0.3) is 11.0 Å². The molecule has 0 aliphatic carbocycles. The van der Waals surface area contributed by atoms with Gasteiger partial charge in [-0.2, -0.15) is 0 Å². The molecule has 4 heteroatoms. The summed E-state index contributed by atoms with van der Waals surface area (Å²) in [5, 5.41) is 4.32. The fourth-order valence-electron chi connectivity index (χ4n) is 2.75. The fraction of sp³-hybridized carbons (Fsp3) is 0.278. The second-order valence-electron chi connectivity index (χ2n) is 5.40. The molecular weight excluding hydrogens is 294 g/mol. The third kappa shape index (κ3) is 2.87. The average Bonchev–Trinajstić information content (AvgIpc) is 2.92. The molecule has 1 aromatic heterocycles. The van der Waals surface area contributed by atoms with E-state index in [4.69, 9.17) is 16.6 Å². The van der Waals surface area contributed by atoms with Crippen LogP contribution in [0, 0.1) is 0 Å². The second-order valence-corrected chi connectivity index (χ2v) is 5.80. The van der Waals surface area contributed by atoms with E-state index in [9.17, 15) is 0 Å². The van der Waals surface area contributed by atoms with Crippen molar-refractivity contribution in [2.24, 2.45) is 0 Å². The summed E-state index contributed by atoms with van der Waals surface area (Å²) < 4.78 is 2.26. The Morgan fingerprint density at radius 2 is 1.86 bits per heavy atom. The normalized spacial score (nSPS) is 12.7. The minimum absolute atomic E-state index is 0.156. The van der Waals surface area contributed by atoms with E-state index in [1.165, 1.54) is 5.52 Å². The molecule has 0 fully saturated rings. The summed E-state index contributed by atoms with van der Waals surface area (Å²) in [5.74, 6) is 1.07. The van der Waals surface area contributed by atoms with Gasteiger partial charge in [0.05, 0.1) is 17.1 Å². The molecule has 114 valence electrons. The highest BCUT2D eigenvalue weighted by Crippen LogP contribution is 2.22. The zero-order valence-corrected chi connectivity index (χ0v) is 13.6. The van der Waals surface area contributed by atoms with E-state index in [1.807, 2.05) is 30.3 Å². The van der Waals surface area contributed by atoms with Crippen molar-refractivity contribution in [2.75, 3.05) is 0 Å². The first-order valence-electron chi connectivity index (χ1n) is 7.62. The summed E-state index contributed by atoms with van der Waals surface area (Å²) in [5.41, 5.74) is 3.34. The number of para-hydroxylation sites is 2. The van der Waals surface area contributed by atoms with Crippen LogP contribution in [0.1, 0.15) is 31.3 Å². The van der Waals surface area contributed by atoms with Crippen LogP contribution in [0.4, 0.5) is 0 Å². The number of halogens is 1. The standard InChI is InChI=1S/C18H20ClN3/c1-3-22-17-11-7-6-10-16(17)21-18(22)13(2)20-12-14-8-4-5-9-15(14)19/h4-11,13,20H,3,12H2,1-2H3. The molecule has 0 bridgehead atoms. The molecule has 2 aromatic carbocycles. The van der Waals surface area contributed by atoms with Crippen molar-refractivity contribution in [2.45, 2.75) is 33.0 Å². The molecule has 0 saturated heterocycles. The molecule has 3 nitrogen and oxygen atoms in total. The van der Waals surface area contributed by atoms with Crippen molar-refractivity contribution in [3.05, 3.63) is 64.9 Å². The third-order valence-corrected chi connectivity index (χ3v) is 4.31. The van der Waals surface area contributed by atoms with Crippen molar-refractivity contribution in [3.8, 4) is 0 Å². The number of hydrogen-bond acceptors (Lipinski definition) is 2. The van der Waals surface area contributed by atoms with Crippen molar-refractivity contribution in [1.82, 2.24) is 14.9 Å². The first-order chi connectivity index (χ1) is 10.7. The highest BCUT2D eigenvalue weighted by atomic mass is 35.5. The Morgan fingerprint density at radius 3 is 2.64 bits per heavy atom. The summed E-state index contributed by atoms with van der Waals surface area (Å²) in [6.07, 6.45) is 0. The molecule has 3 rings (SSSR count). The van der Waals surface area contributed by atoms with E-state index >= 15 is 0 Å². The van der Waals surface area contributed by atoms with Crippen LogP contribution < -0.4 is 5.32 Å². The van der Waals surface area contributed by atoms with Crippen LogP contribution in [0.3, 0.4) is 0 Å². The predicted molar refractivity (Wildman–Crippen MR) is 92.1 cm³/mol. The van der Waals surface area contributed by atoms with Crippen LogP contribution in [-0.4, -0.2) is 9.55 Å². The summed E-state index contributed by atoms with van der Waals surface area (Å²) in [6, 6.07) is 16.4. The lowest BCUT2D eigenvalue weighted by atomic mass is 10.2. The summed E-state index contributed by atoms with van der Waals surface area (Å²) in [6.45, 7) is 5.93. The number of imidazole rings is 1. The SMILES string of the molecule is CCn1c(C(C)NCc2ccccc2Cl)nc2ccccc21. The van der Waals surface area contributed by atoms with Crippen LogP contribution in [0.5, 0.6) is 0 Å². The van der Waals surface area contributed by atoms with Crippen LogP contribution in [-0.2, 0) is 13.1 Å². The van der Waals surface area contributed by atoms with E-state index in [2.05, 4.69) is 41.9 Å². The highest BCUT2D eigenvalue weighted by Gasteiger charge is 2.15. The van der Waals surface area contributed by atoms with Gasteiger partial charge in [-0.3, -0.25) is 0 Å². The zero-order chi connectivity index (χ0) is 15.5. The fourth-order valence-corrected chi connectivity index (χ4v) is 2.96. The van der Waals surface area contributed by atoms with Crippen molar-refractivity contribution in [1.29, 1.82) is 0 Å². The number of fused-ring (bicyclic) bond motifs is 1. The Hall–Kier alpha value is -1.84. The first-order valence-corrected chi connectivity index (χ1v) is 8.00. The van der Waals surface area contributed by atoms with E-state index in [0.717, 1.165) is 35.0 Å². The number of nitrogens with zero attached hydrogens (tertiary/aromatic N) is 2. The number of aromatic nitrogens is 2. The maximum atomic E-state index is 6.22. The number of benzene rings is 2.